The van der Waals surface area contributed by atoms with Gasteiger partial charge in [0.1, 0.15) is 5.75 Å². The molecule has 2 aromatic carbocycles. The molecule has 0 unspecified atom stereocenters. The molecule has 0 saturated heterocycles. The summed E-state index contributed by atoms with van der Waals surface area (Å²) in [5, 5.41) is 8.90. The van der Waals surface area contributed by atoms with Crippen LogP contribution in [0.1, 0.15) is 23.1 Å². The summed E-state index contributed by atoms with van der Waals surface area (Å²) in [6.45, 7) is 6.86. The average Bonchev–Trinajstić information content (AvgIpc) is 3.05. The number of thioether (sulfide) groups is 1. The molecule has 0 spiro atoms. The molecule has 130 valence electrons. The molecular formula is C20H22N2O2S. The zero-order valence-electron chi connectivity index (χ0n) is 14.8. The number of benzene rings is 2. The molecule has 3 rings (SSSR count). The zero-order valence-corrected chi connectivity index (χ0v) is 15.6. The number of nitrogens with zero attached hydrogens (tertiary/aromatic N) is 2. The number of ether oxygens (including phenoxy) is 1. The minimum atomic E-state index is 0.580. The van der Waals surface area contributed by atoms with Crippen LogP contribution in [0.2, 0.25) is 0 Å². The molecule has 25 heavy (non-hydrogen) atoms. The van der Waals surface area contributed by atoms with Crippen molar-refractivity contribution in [1.82, 2.24) is 10.2 Å². The smallest absolute Gasteiger partial charge is 0.276 e. The van der Waals surface area contributed by atoms with E-state index in [4.69, 9.17) is 9.15 Å². The van der Waals surface area contributed by atoms with Crippen LogP contribution < -0.4 is 4.74 Å². The highest BCUT2D eigenvalue weighted by atomic mass is 32.2. The molecule has 0 saturated carbocycles. The van der Waals surface area contributed by atoms with Crippen molar-refractivity contribution < 1.29 is 9.15 Å². The molecule has 1 aromatic heterocycles. The Bertz CT molecular complexity index is 845. The van der Waals surface area contributed by atoms with Crippen molar-refractivity contribution in [2.45, 2.75) is 32.4 Å². The molecule has 0 bridgehead atoms. The average molecular weight is 354 g/mol. The van der Waals surface area contributed by atoms with Crippen LogP contribution in [0.5, 0.6) is 5.75 Å². The van der Waals surface area contributed by atoms with Crippen molar-refractivity contribution >= 4 is 11.8 Å². The van der Waals surface area contributed by atoms with E-state index in [0.29, 0.717) is 17.7 Å². The summed E-state index contributed by atoms with van der Waals surface area (Å²) in [5.41, 5.74) is 4.52. The number of rotatable bonds is 7. The van der Waals surface area contributed by atoms with E-state index in [2.05, 4.69) is 49.2 Å². The van der Waals surface area contributed by atoms with E-state index in [1.54, 1.807) is 11.8 Å². The van der Waals surface area contributed by atoms with Crippen LogP contribution >= 0.6 is 11.8 Å². The second kappa shape index (κ2) is 8.21. The van der Waals surface area contributed by atoms with Crippen molar-refractivity contribution in [1.29, 1.82) is 0 Å². The van der Waals surface area contributed by atoms with E-state index in [1.807, 2.05) is 24.3 Å². The minimum Gasteiger partial charge on any atom is -0.493 e. The van der Waals surface area contributed by atoms with Crippen LogP contribution in [0.4, 0.5) is 0 Å². The maximum Gasteiger partial charge on any atom is 0.276 e. The Morgan fingerprint density at radius 2 is 1.84 bits per heavy atom. The fourth-order valence-electron chi connectivity index (χ4n) is 2.55. The van der Waals surface area contributed by atoms with Gasteiger partial charge in [0.05, 0.1) is 6.61 Å². The molecular weight excluding hydrogens is 332 g/mol. The highest BCUT2D eigenvalue weighted by molar-refractivity contribution is 7.99. The molecule has 0 radical (unpaired) electrons. The predicted molar refractivity (Wildman–Crippen MR) is 101 cm³/mol. The molecule has 0 N–H and O–H groups in total. The first-order chi connectivity index (χ1) is 12.1. The lowest BCUT2D eigenvalue weighted by molar-refractivity contribution is 0.316. The highest BCUT2D eigenvalue weighted by Crippen LogP contribution is 2.26. The summed E-state index contributed by atoms with van der Waals surface area (Å²) < 4.78 is 11.6. The monoisotopic (exact) mass is 354 g/mol. The summed E-state index contributed by atoms with van der Waals surface area (Å²) in [7, 11) is 0. The summed E-state index contributed by atoms with van der Waals surface area (Å²) >= 11 is 1.56. The van der Waals surface area contributed by atoms with Gasteiger partial charge in [-0.1, -0.05) is 47.7 Å². The molecule has 0 fully saturated rings. The molecule has 0 atom stereocenters. The van der Waals surface area contributed by atoms with Gasteiger partial charge in [0.25, 0.3) is 5.22 Å². The normalized spacial score (nSPS) is 10.8. The topological polar surface area (TPSA) is 48.2 Å². The third-order valence-electron chi connectivity index (χ3n) is 3.88. The molecule has 0 aliphatic carbocycles. The van der Waals surface area contributed by atoms with E-state index in [0.717, 1.165) is 34.6 Å². The summed E-state index contributed by atoms with van der Waals surface area (Å²) in [4.78, 5) is 0. The van der Waals surface area contributed by atoms with Gasteiger partial charge in [0.2, 0.25) is 5.89 Å². The SMILES string of the molecule is Cc1ccc(-c2nnc(SCCCOc3ccccc3C)o2)c(C)c1. The van der Waals surface area contributed by atoms with E-state index in [9.17, 15) is 0 Å². The number of aryl methyl sites for hydroxylation is 3. The lowest BCUT2D eigenvalue weighted by atomic mass is 10.1. The minimum absolute atomic E-state index is 0.580. The van der Waals surface area contributed by atoms with E-state index in [1.165, 1.54) is 5.56 Å². The molecule has 5 heteroatoms. The van der Waals surface area contributed by atoms with Gasteiger partial charge in [-0.3, -0.25) is 0 Å². The lowest BCUT2D eigenvalue weighted by Crippen LogP contribution is -1.99. The van der Waals surface area contributed by atoms with Crippen LogP contribution in [0.25, 0.3) is 11.5 Å². The number of hydrogen-bond donors (Lipinski definition) is 0. The van der Waals surface area contributed by atoms with Crippen LogP contribution in [0, 0.1) is 20.8 Å². The van der Waals surface area contributed by atoms with Gasteiger partial charge in [-0.25, -0.2) is 0 Å². The van der Waals surface area contributed by atoms with Gasteiger partial charge in [0.15, 0.2) is 0 Å². The third kappa shape index (κ3) is 4.63. The largest absolute Gasteiger partial charge is 0.493 e. The van der Waals surface area contributed by atoms with Crippen molar-refractivity contribution in [2.24, 2.45) is 0 Å². The number of aromatic nitrogens is 2. The molecule has 4 nitrogen and oxygen atoms in total. The van der Waals surface area contributed by atoms with Crippen molar-refractivity contribution in [3.05, 3.63) is 59.2 Å². The predicted octanol–water partition coefficient (Wildman–Crippen LogP) is 5.22. The lowest BCUT2D eigenvalue weighted by Gasteiger charge is -2.07. The Kier molecular flexibility index (Phi) is 5.76. The summed E-state index contributed by atoms with van der Waals surface area (Å²) in [6, 6.07) is 14.3. The quantitative estimate of drug-likeness (QED) is 0.430. The Balaban J connectivity index is 1.48. The van der Waals surface area contributed by atoms with Crippen molar-refractivity contribution in [3.8, 4) is 17.2 Å². The van der Waals surface area contributed by atoms with Crippen molar-refractivity contribution in [3.63, 3.8) is 0 Å². The molecule has 0 amide bonds. The van der Waals surface area contributed by atoms with Gasteiger partial charge in [-0.05, 0) is 50.5 Å². The van der Waals surface area contributed by atoms with Gasteiger partial charge in [-0.15, -0.1) is 10.2 Å². The number of para-hydroxylation sites is 1. The number of hydrogen-bond acceptors (Lipinski definition) is 5. The molecule has 0 aliphatic heterocycles. The first kappa shape index (κ1) is 17.5. The van der Waals surface area contributed by atoms with E-state index >= 15 is 0 Å². The van der Waals surface area contributed by atoms with E-state index in [-0.39, 0.29) is 0 Å². The molecule has 1 heterocycles. The summed E-state index contributed by atoms with van der Waals surface area (Å²) in [5.74, 6) is 2.40. The maximum atomic E-state index is 5.80. The highest BCUT2D eigenvalue weighted by Gasteiger charge is 2.11. The fraction of sp³-hybridized carbons (Fsp3) is 0.300. The van der Waals surface area contributed by atoms with E-state index < -0.39 is 0 Å². The Hall–Kier alpha value is -2.27. The first-order valence-electron chi connectivity index (χ1n) is 8.36. The fourth-order valence-corrected chi connectivity index (χ4v) is 3.22. The maximum absolute atomic E-state index is 5.80. The van der Waals surface area contributed by atoms with Gasteiger partial charge < -0.3 is 9.15 Å². The van der Waals surface area contributed by atoms with Gasteiger partial charge in [0, 0.05) is 11.3 Å². The van der Waals surface area contributed by atoms with Crippen LogP contribution in [0.15, 0.2) is 52.1 Å². The summed E-state index contributed by atoms with van der Waals surface area (Å²) in [6.07, 6.45) is 0.917. The zero-order chi connectivity index (χ0) is 17.6. The van der Waals surface area contributed by atoms with Crippen LogP contribution in [-0.4, -0.2) is 22.6 Å². The van der Waals surface area contributed by atoms with Crippen LogP contribution in [-0.2, 0) is 0 Å². The Labute approximate surface area is 152 Å². The van der Waals surface area contributed by atoms with Gasteiger partial charge >= 0.3 is 0 Å². The standard InChI is InChI=1S/C20H22N2O2S/c1-14-9-10-17(16(3)13-14)19-21-22-20(24-19)25-12-6-11-23-18-8-5-4-7-15(18)2/h4-5,7-10,13H,6,11-12H2,1-3H3. The second-order valence-electron chi connectivity index (χ2n) is 6.01. The Morgan fingerprint density at radius 1 is 1.00 bits per heavy atom. The third-order valence-corrected chi connectivity index (χ3v) is 4.79. The van der Waals surface area contributed by atoms with Gasteiger partial charge in [-0.2, -0.15) is 0 Å². The first-order valence-corrected chi connectivity index (χ1v) is 9.34. The van der Waals surface area contributed by atoms with Crippen molar-refractivity contribution in [2.75, 3.05) is 12.4 Å². The van der Waals surface area contributed by atoms with Crippen LogP contribution in [0.3, 0.4) is 0 Å². The Morgan fingerprint density at radius 3 is 2.64 bits per heavy atom. The second-order valence-corrected chi connectivity index (χ2v) is 7.05. The molecule has 3 aromatic rings. The molecule has 0 aliphatic rings.